The highest BCUT2D eigenvalue weighted by atomic mass is 79.9. The van der Waals surface area contributed by atoms with Crippen molar-refractivity contribution >= 4 is 43.5 Å². The third-order valence-electron chi connectivity index (χ3n) is 6.31. The van der Waals surface area contributed by atoms with Crippen molar-refractivity contribution in [2.45, 2.75) is 38.8 Å². The van der Waals surface area contributed by atoms with Crippen LogP contribution in [-0.4, -0.2) is 51.0 Å². The van der Waals surface area contributed by atoms with E-state index in [0.29, 0.717) is 5.69 Å². The van der Waals surface area contributed by atoms with Gasteiger partial charge in [0.15, 0.2) is 0 Å². The molecule has 0 aromatic heterocycles. The molecule has 2 amide bonds. The molecule has 0 fully saturated rings. The molecule has 3 rings (SSSR count). The van der Waals surface area contributed by atoms with Gasteiger partial charge in [0, 0.05) is 24.5 Å². The van der Waals surface area contributed by atoms with Crippen LogP contribution in [0.25, 0.3) is 0 Å². The van der Waals surface area contributed by atoms with Crippen molar-refractivity contribution in [3.8, 4) is 0 Å². The third kappa shape index (κ3) is 7.91. The van der Waals surface area contributed by atoms with Crippen LogP contribution < -0.4 is 9.62 Å². The molecule has 0 aliphatic heterocycles. The molecule has 0 radical (unpaired) electrons. The number of nitrogens with one attached hydrogen (secondary N) is 1. The first kappa shape index (κ1) is 29.4. The Morgan fingerprint density at radius 3 is 2.03 bits per heavy atom. The number of halogens is 1. The zero-order valence-electron chi connectivity index (χ0n) is 22.1. The van der Waals surface area contributed by atoms with Crippen LogP contribution in [0.2, 0.25) is 0 Å². The smallest absolute Gasteiger partial charge is 0.244 e. The maximum absolute atomic E-state index is 13.9. The normalized spacial score (nSPS) is 12.2. The summed E-state index contributed by atoms with van der Waals surface area (Å²) in [6.45, 7) is 3.82. The van der Waals surface area contributed by atoms with Crippen LogP contribution in [0.1, 0.15) is 36.5 Å². The average Bonchev–Trinajstić information content (AvgIpc) is 2.89. The first-order valence-corrected chi connectivity index (χ1v) is 15.0. The Kier molecular flexibility index (Phi) is 10.1. The van der Waals surface area contributed by atoms with E-state index in [9.17, 15) is 18.0 Å². The van der Waals surface area contributed by atoms with Crippen molar-refractivity contribution in [1.82, 2.24) is 10.2 Å². The average molecular weight is 601 g/mol. The molecule has 0 saturated carbocycles. The lowest BCUT2D eigenvalue weighted by atomic mass is 10.0. The number of hydrogen-bond acceptors (Lipinski definition) is 4. The van der Waals surface area contributed by atoms with E-state index in [1.807, 2.05) is 66.7 Å². The van der Waals surface area contributed by atoms with Crippen LogP contribution in [0.3, 0.4) is 0 Å². The Labute approximate surface area is 234 Å². The van der Waals surface area contributed by atoms with Crippen molar-refractivity contribution in [3.63, 3.8) is 0 Å². The van der Waals surface area contributed by atoms with E-state index in [2.05, 4.69) is 35.1 Å². The largest absolute Gasteiger partial charge is 0.357 e. The van der Waals surface area contributed by atoms with Gasteiger partial charge in [0.1, 0.15) is 12.6 Å². The van der Waals surface area contributed by atoms with Crippen LogP contribution >= 0.6 is 15.9 Å². The lowest BCUT2D eigenvalue weighted by molar-refractivity contribution is -0.139. The first-order valence-electron chi connectivity index (χ1n) is 12.4. The van der Waals surface area contributed by atoms with E-state index < -0.39 is 28.5 Å². The molecule has 0 unspecified atom stereocenters. The van der Waals surface area contributed by atoms with Gasteiger partial charge in [0.25, 0.3) is 0 Å². The second-order valence-electron chi connectivity index (χ2n) is 9.48. The fourth-order valence-electron chi connectivity index (χ4n) is 4.15. The number of hydrogen-bond donors (Lipinski definition) is 1. The second kappa shape index (κ2) is 13.1. The Balaban J connectivity index is 2.00. The Bertz CT molecular complexity index is 1330. The Hall–Kier alpha value is -3.17. The molecule has 0 aliphatic rings. The summed E-state index contributed by atoms with van der Waals surface area (Å²) in [5.41, 5.74) is 3.16. The summed E-state index contributed by atoms with van der Waals surface area (Å²) in [7, 11) is -2.26. The number of nitrogens with zero attached hydrogens (tertiary/aromatic N) is 2. The summed E-state index contributed by atoms with van der Waals surface area (Å²) in [6.07, 6.45) is 1.36. The van der Waals surface area contributed by atoms with Gasteiger partial charge in [0.2, 0.25) is 21.8 Å². The zero-order valence-corrected chi connectivity index (χ0v) is 24.5. The van der Waals surface area contributed by atoms with E-state index in [-0.39, 0.29) is 24.8 Å². The van der Waals surface area contributed by atoms with Gasteiger partial charge in [-0.3, -0.25) is 13.9 Å². The summed E-state index contributed by atoms with van der Waals surface area (Å²) in [6, 6.07) is 23.2. The fraction of sp³-hybridized carbons (Fsp3) is 0.310. The predicted octanol–water partition coefficient (Wildman–Crippen LogP) is 4.72. The standard InChI is InChI=1S/C29H34BrN3O4S/c1-21(2)24-12-16-26(17-13-24)33(38(4,36)37)20-28(34)32(19-23-10-14-25(30)15-11-23)27(29(35)31-3)18-22-8-6-5-7-9-22/h5-17,21,27H,18-20H2,1-4H3,(H,31,35)/t27-/m1/s1. The van der Waals surface area contributed by atoms with Crippen molar-refractivity contribution in [3.05, 3.63) is 100 Å². The lowest BCUT2D eigenvalue weighted by Gasteiger charge is -2.33. The Morgan fingerprint density at radius 1 is 0.895 bits per heavy atom. The van der Waals surface area contributed by atoms with Gasteiger partial charge in [-0.05, 0) is 46.9 Å². The zero-order chi connectivity index (χ0) is 27.9. The summed E-state index contributed by atoms with van der Waals surface area (Å²) >= 11 is 3.42. The number of carbonyl (C=O) groups excluding carboxylic acids is 2. The van der Waals surface area contributed by atoms with Crippen LogP contribution in [0.5, 0.6) is 0 Å². The van der Waals surface area contributed by atoms with Crippen molar-refractivity contribution < 1.29 is 18.0 Å². The number of rotatable bonds is 11. The van der Waals surface area contributed by atoms with Crippen molar-refractivity contribution in [2.24, 2.45) is 0 Å². The van der Waals surface area contributed by atoms with E-state index in [0.717, 1.165) is 31.7 Å². The summed E-state index contributed by atoms with van der Waals surface area (Å²) < 4.78 is 27.6. The SMILES string of the molecule is CNC(=O)[C@@H](Cc1ccccc1)N(Cc1ccc(Br)cc1)C(=O)CN(c1ccc(C(C)C)cc1)S(C)(=O)=O. The number of anilines is 1. The summed E-state index contributed by atoms with van der Waals surface area (Å²) in [5, 5.41) is 2.68. The molecule has 9 heteroatoms. The molecule has 0 saturated heterocycles. The molecule has 202 valence electrons. The minimum absolute atomic E-state index is 0.140. The fourth-order valence-corrected chi connectivity index (χ4v) is 5.26. The van der Waals surface area contributed by atoms with Gasteiger partial charge < -0.3 is 10.2 Å². The summed E-state index contributed by atoms with van der Waals surface area (Å²) in [5.74, 6) is -0.521. The van der Waals surface area contributed by atoms with Gasteiger partial charge in [-0.15, -0.1) is 0 Å². The number of likely N-dealkylation sites (N-methyl/N-ethyl adjacent to an activating group) is 1. The number of carbonyl (C=O) groups is 2. The molecule has 3 aromatic carbocycles. The van der Waals surface area contributed by atoms with Crippen LogP contribution in [0.4, 0.5) is 5.69 Å². The topological polar surface area (TPSA) is 86.8 Å². The summed E-state index contributed by atoms with van der Waals surface area (Å²) in [4.78, 5) is 28.5. The Morgan fingerprint density at radius 2 is 1.50 bits per heavy atom. The molecular formula is C29H34BrN3O4S. The number of sulfonamides is 1. The minimum atomic E-state index is -3.79. The maximum atomic E-state index is 13.9. The van der Waals surface area contributed by atoms with E-state index in [1.165, 1.54) is 11.9 Å². The molecule has 7 nitrogen and oxygen atoms in total. The van der Waals surface area contributed by atoms with Gasteiger partial charge in [-0.1, -0.05) is 84.4 Å². The van der Waals surface area contributed by atoms with Crippen LogP contribution in [0.15, 0.2) is 83.3 Å². The molecule has 0 spiro atoms. The van der Waals surface area contributed by atoms with Gasteiger partial charge in [0.05, 0.1) is 11.9 Å². The molecule has 0 bridgehead atoms. The molecule has 0 aliphatic carbocycles. The second-order valence-corrected chi connectivity index (χ2v) is 12.3. The minimum Gasteiger partial charge on any atom is -0.357 e. The van der Waals surface area contributed by atoms with E-state index in [1.54, 1.807) is 12.1 Å². The van der Waals surface area contributed by atoms with Crippen LogP contribution in [0, 0.1) is 0 Å². The highest BCUT2D eigenvalue weighted by molar-refractivity contribution is 9.10. The quantitative estimate of drug-likeness (QED) is 0.345. The molecular weight excluding hydrogens is 566 g/mol. The van der Waals surface area contributed by atoms with Crippen molar-refractivity contribution in [2.75, 3.05) is 24.2 Å². The van der Waals surface area contributed by atoms with Gasteiger partial charge >= 0.3 is 0 Å². The van der Waals surface area contributed by atoms with Crippen LogP contribution in [-0.2, 0) is 32.6 Å². The third-order valence-corrected chi connectivity index (χ3v) is 7.98. The molecule has 1 atom stereocenters. The molecule has 0 heterocycles. The first-order chi connectivity index (χ1) is 18.0. The lowest BCUT2D eigenvalue weighted by Crippen LogP contribution is -2.52. The van der Waals surface area contributed by atoms with E-state index >= 15 is 0 Å². The van der Waals surface area contributed by atoms with E-state index in [4.69, 9.17) is 0 Å². The molecule has 38 heavy (non-hydrogen) atoms. The highest BCUT2D eigenvalue weighted by Crippen LogP contribution is 2.23. The molecule has 3 aromatic rings. The highest BCUT2D eigenvalue weighted by Gasteiger charge is 2.32. The molecule has 1 N–H and O–H groups in total. The van der Waals surface area contributed by atoms with Gasteiger partial charge in [-0.2, -0.15) is 0 Å². The van der Waals surface area contributed by atoms with Crippen molar-refractivity contribution in [1.29, 1.82) is 0 Å². The monoisotopic (exact) mass is 599 g/mol. The van der Waals surface area contributed by atoms with Gasteiger partial charge in [-0.25, -0.2) is 8.42 Å². The number of amides is 2. The maximum Gasteiger partial charge on any atom is 0.244 e. The number of benzene rings is 3. The predicted molar refractivity (Wildman–Crippen MR) is 155 cm³/mol.